The minimum atomic E-state index is 0.00214. The van der Waals surface area contributed by atoms with Crippen LogP contribution < -0.4 is 18.9 Å². The highest BCUT2D eigenvalue weighted by Gasteiger charge is 2.32. The predicted molar refractivity (Wildman–Crippen MR) is 156 cm³/mol. The first kappa shape index (κ1) is 26.7. The molecule has 1 amide bonds. The normalized spacial score (nSPS) is 15.9. The Bertz CT molecular complexity index is 1550. The molecule has 1 saturated heterocycles. The van der Waals surface area contributed by atoms with Gasteiger partial charge >= 0.3 is 0 Å². The van der Waals surface area contributed by atoms with Crippen LogP contribution in [0.3, 0.4) is 0 Å². The molecule has 4 aromatic rings. The van der Waals surface area contributed by atoms with Crippen molar-refractivity contribution in [2.24, 2.45) is 4.99 Å². The molecule has 1 unspecified atom stereocenters. The van der Waals surface area contributed by atoms with Crippen LogP contribution in [-0.4, -0.2) is 62.0 Å². The number of aromatic nitrogens is 1. The molecule has 0 radical (unpaired) electrons. The van der Waals surface area contributed by atoms with E-state index >= 15 is 0 Å². The third-order valence-electron chi connectivity index (χ3n) is 7.47. The third kappa shape index (κ3) is 5.57. The summed E-state index contributed by atoms with van der Waals surface area (Å²) >= 11 is 0. The van der Waals surface area contributed by atoms with Gasteiger partial charge in [0.15, 0.2) is 28.6 Å². The van der Waals surface area contributed by atoms with Gasteiger partial charge in [-0.1, -0.05) is 12.1 Å². The Balaban J connectivity index is 0.996. The minimum absolute atomic E-state index is 0.00214. The Labute approximate surface area is 238 Å². The SMILES string of the molecule is COc1cc(-c2nc3ccccc3o2)ccc1OCCCCCOc1cc2c(cc1OC)C(=O)N1CCCC1C=N2. The van der Waals surface area contributed by atoms with E-state index < -0.39 is 0 Å². The number of carbonyl (C=O) groups excluding carboxylic acids is 1. The summed E-state index contributed by atoms with van der Waals surface area (Å²) in [6.07, 6.45) is 6.45. The van der Waals surface area contributed by atoms with E-state index in [1.165, 1.54) is 0 Å². The number of hydrogen-bond donors (Lipinski definition) is 0. The number of benzene rings is 3. The second-order valence-corrected chi connectivity index (χ2v) is 10.1. The van der Waals surface area contributed by atoms with Gasteiger partial charge in [0.25, 0.3) is 5.91 Å². The highest BCUT2D eigenvalue weighted by Crippen LogP contribution is 2.38. The molecule has 1 atom stereocenters. The van der Waals surface area contributed by atoms with Gasteiger partial charge in [-0.05, 0) is 68.5 Å². The average Bonchev–Trinajstić information content (AvgIpc) is 3.64. The van der Waals surface area contributed by atoms with E-state index in [0.717, 1.165) is 55.3 Å². The molecule has 3 aromatic carbocycles. The van der Waals surface area contributed by atoms with E-state index in [-0.39, 0.29) is 11.9 Å². The van der Waals surface area contributed by atoms with Crippen molar-refractivity contribution in [3.05, 3.63) is 60.2 Å². The minimum Gasteiger partial charge on any atom is -0.493 e. The van der Waals surface area contributed by atoms with Crippen LogP contribution in [0.1, 0.15) is 42.5 Å². The number of aliphatic imine (C=N–C) groups is 1. The van der Waals surface area contributed by atoms with Crippen LogP contribution in [0.4, 0.5) is 5.69 Å². The van der Waals surface area contributed by atoms with E-state index in [9.17, 15) is 4.79 Å². The number of unbranched alkanes of at least 4 members (excludes halogenated alkanes) is 2. The molecule has 41 heavy (non-hydrogen) atoms. The van der Waals surface area contributed by atoms with Crippen molar-refractivity contribution in [2.45, 2.75) is 38.1 Å². The second-order valence-electron chi connectivity index (χ2n) is 10.1. The van der Waals surface area contributed by atoms with Crippen LogP contribution in [0.5, 0.6) is 23.0 Å². The number of methoxy groups -OCH3 is 2. The summed E-state index contributed by atoms with van der Waals surface area (Å²) in [6.45, 7) is 1.83. The lowest BCUT2D eigenvalue weighted by Gasteiger charge is -2.20. The van der Waals surface area contributed by atoms with Crippen LogP contribution in [0.15, 0.2) is 64.0 Å². The summed E-state index contributed by atoms with van der Waals surface area (Å²) in [5.41, 5.74) is 3.57. The number of para-hydroxylation sites is 2. The molecule has 2 aliphatic rings. The molecule has 0 saturated carbocycles. The number of oxazole rings is 1. The summed E-state index contributed by atoms with van der Waals surface area (Å²) in [5, 5.41) is 0. The van der Waals surface area contributed by atoms with Crippen LogP contribution in [-0.2, 0) is 0 Å². The first-order valence-electron chi connectivity index (χ1n) is 14.0. The van der Waals surface area contributed by atoms with Gasteiger partial charge < -0.3 is 28.3 Å². The highest BCUT2D eigenvalue weighted by molar-refractivity contribution is 6.03. The van der Waals surface area contributed by atoms with Gasteiger partial charge in [-0.2, -0.15) is 0 Å². The Morgan fingerprint density at radius 1 is 0.902 bits per heavy atom. The molecule has 1 fully saturated rings. The lowest BCUT2D eigenvalue weighted by Crippen LogP contribution is -2.35. The lowest BCUT2D eigenvalue weighted by molar-refractivity contribution is 0.0774. The smallest absolute Gasteiger partial charge is 0.256 e. The van der Waals surface area contributed by atoms with E-state index in [2.05, 4.69) is 9.98 Å². The number of hydrogen-bond acceptors (Lipinski definition) is 8. The Morgan fingerprint density at radius 2 is 1.68 bits per heavy atom. The van der Waals surface area contributed by atoms with Crippen molar-refractivity contribution in [1.29, 1.82) is 0 Å². The Hall–Kier alpha value is -4.53. The van der Waals surface area contributed by atoms with E-state index in [4.69, 9.17) is 23.4 Å². The molecular formula is C32H33N3O6. The number of nitrogens with zero attached hydrogens (tertiary/aromatic N) is 3. The fourth-order valence-corrected chi connectivity index (χ4v) is 5.28. The van der Waals surface area contributed by atoms with Crippen LogP contribution in [0.2, 0.25) is 0 Å². The van der Waals surface area contributed by atoms with E-state index in [1.54, 1.807) is 20.3 Å². The summed E-state index contributed by atoms with van der Waals surface area (Å²) in [5.74, 6) is 2.99. The molecule has 0 N–H and O–H groups in total. The average molecular weight is 556 g/mol. The van der Waals surface area contributed by atoms with Gasteiger partial charge in [-0.25, -0.2) is 4.98 Å². The van der Waals surface area contributed by atoms with E-state index in [1.807, 2.05) is 59.6 Å². The van der Waals surface area contributed by atoms with Crippen molar-refractivity contribution in [2.75, 3.05) is 34.0 Å². The fraction of sp³-hybridized carbons (Fsp3) is 0.344. The second kappa shape index (κ2) is 11.9. The van der Waals surface area contributed by atoms with Crippen LogP contribution in [0, 0.1) is 0 Å². The maximum absolute atomic E-state index is 13.0. The van der Waals surface area contributed by atoms with E-state index in [0.29, 0.717) is 53.4 Å². The maximum Gasteiger partial charge on any atom is 0.256 e. The molecule has 0 aliphatic carbocycles. The molecule has 3 heterocycles. The molecular weight excluding hydrogens is 522 g/mol. The number of rotatable bonds is 11. The number of ether oxygens (including phenoxy) is 4. The summed E-state index contributed by atoms with van der Waals surface area (Å²) in [6, 6.07) is 17.0. The molecule has 9 heteroatoms. The molecule has 212 valence electrons. The number of carbonyl (C=O) groups is 1. The molecule has 9 nitrogen and oxygen atoms in total. The van der Waals surface area contributed by atoms with Crippen molar-refractivity contribution in [1.82, 2.24) is 9.88 Å². The molecule has 2 aliphatic heterocycles. The molecule has 0 bridgehead atoms. The third-order valence-corrected chi connectivity index (χ3v) is 7.47. The van der Waals surface area contributed by atoms with Crippen molar-refractivity contribution in [3.8, 4) is 34.5 Å². The Morgan fingerprint density at radius 3 is 2.49 bits per heavy atom. The topological polar surface area (TPSA) is 95.6 Å². The number of fused-ring (bicyclic) bond motifs is 3. The standard InChI is InChI=1S/C32H33N3O6/c1-37-28-17-21(31-34-24-10-4-5-11-26(24)41-31)12-13-27(28)39-15-6-3-7-16-40-30-19-25-23(18-29(30)38-2)32(36)35-14-8-9-22(35)20-33-25/h4-5,10-13,17-20,22H,3,6-9,14-16H2,1-2H3. The fourth-order valence-electron chi connectivity index (χ4n) is 5.28. The van der Waals surface area contributed by atoms with Gasteiger partial charge in [0.2, 0.25) is 5.89 Å². The van der Waals surface area contributed by atoms with Crippen molar-refractivity contribution >= 4 is 28.9 Å². The van der Waals surface area contributed by atoms with Gasteiger partial charge in [0.05, 0.1) is 44.7 Å². The maximum atomic E-state index is 13.0. The Kier molecular flexibility index (Phi) is 7.75. The first-order chi connectivity index (χ1) is 20.1. The molecule has 1 aromatic heterocycles. The van der Waals surface area contributed by atoms with Gasteiger partial charge in [-0.15, -0.1) is 0 Å². The monoisotopic (exact) mass is 555 g/mol. The number of amides is 1. The summed E-state index contributed by atoms with van der Waals surface area (Å²) < 4.78 is 29.0. The van der Waals surface area contributed by atoms with Gasteiger partial charge in [0.1, 0.15) is 5.52 Å². The van der Waals surface area contributed by atoms with Crippen molar-refractivity contribution in [3.63, 3.8) is 0 Å². The van der Waals surface area contributed by atoms with Gasteiger partial charge in [0, 0.05) is 24.4 Å². The molecule has 6 rings (SSSR count). The van der Waals surface area contributed by atoms with Crippen LogP contribution in [0.25, 0.3) is 22.6 Å². The molecule has 0 spiro atoms. The zero-order valence-corrected chi connectivity index (χ0v) is 23.3. The first-order valence-corrected chi connectivity index (χ1v) is 14.0. The van der Waals surface area contributed by atoms with Gasteiger partial charge in [-0.3, -0.25) is 9.79 Å². The zero-order valence-electron chi connectivity index (χ0n) is 23.3. The van der Waals surface area contributed by atoms with Crippen molar-refractivity contribution < 1.29 is 28.2 Å². The largest absolute Gasteiger partial charge is 0.493 e. The summed E-state index contributed by atoms with van der Waals surface area (Å²) in [7, 11) is 3.21. The lowest BCUT2D eigenvalue weighted by atomic mass is 10.1. The predicted octanol–water partition coefficient (Wildman–Crippen LogP) is 6.46. The van der Waals surface area contributed by atoms with Crippen LogP contribution >= 0.6 is 0 Å². The summed E-state index contributed by atoms with van der Waals surface area (Å²) in [4.78, 5) is 24.1. The highest BCUT2D eigenvalue weighted by atomic mass is 16.5. The zero-order chi connectivity index (χ0) is 28.2. The quantitative estimate of drug-likeness (QED) is 0.196.